The summed E-state index contributed by atoms with van der Waals surface area (Å²) in [7, 11) is 1.70. The molecule has 0 radical (unpaired) electrons. The Morgan fingerprint density at radius 3 is 1.48 bits per heavy atom. The first-order valence-electron chi connectivity index (χ1n) is 26.4. The van der Waals surface area contributed by atoms with Gasteiger partial charge in [0.1, 0.15) is 0 Å². The molecule has 5 nitrogen and oxygen atoms in total. The lowest BCUT2D eigenvalue weighted by Gasteiger charge is -2.20. The Labute approximate surface area is 393 Å². The summed E-state index contributed by atoms with van der Waals surface area (Å²) in [4.78, 5) is 30.5. The van der Waals surface area contributed by atoms with Gasteiger partial charge in [-0.3, -0.25) is 9.59 Å². The molecule has 0 spiro atoms. The molecule has 0 fully saturated rings. The number of aromatic nitrogens is 1. The van der Waals surface area contributed by atoms with Gasteiger partial charge >= 0.3 is 0 Å². The van der Waals surface area contributed by atoms with E-state index in [-0.39, 0.29) is 11.0 Å². The topological polar surface area (TPSA) is 57.5 Å². The zero-order valence-electron chi connectivity index (χ0n) is 39.9. The molecule has 9 aromatic carbocycles. The summed E-state index contributed by atoms with van der Waals surface area (Å²) in [6, 6.07) is 24.1. The minimum absolute atomic E-state index is 0.00168. The van der Waals surface area contributed by atoms with Crippen molar-refractivity contribution in [1.29, 1.82) is 0 Å². The van der Waals surface area contributed by atoms with E-state index in [0.717, 1.165) is 94.7 Å². The van der Waals surface area contributed by atoms with E-state index in [4.69, 9.17) is 9.47 Å². The second-order valence-corrected chi connectivity index (χ2v) is 20.8. The second-order valence-electron chi connectivity index (χ2n) is 20.8. The fraction of sp³-hybridized carbons (Fsp3) is 0.419. The van der Waals surface area contributed by atoms with Crippen LogP contribution in [0, 0.1) is 0 Å². The molecule has 0 aliphatic heterocycles. The van der Waals surface area contributed by atoms with Crippen LogP contribution in [0.3, 0.4) is 0 Å². The summed E-state index contributed by atoms with van der Waals surface area (Å²) < 4.78 is 14.3. The number of hydrogen-bond donors (Lipinski definition) is 0. The maximum Gasteiger partial charge on any atom is 0.259 e. The van der Waals surface area contributed by atoms with Gasteiger partial charge in [-0.05, 0) is 102 Å². The molecule has 8 bridgehead atoms. The highest BCUT2D eigenvalue weighted by Gasteiger charge is 2.33. The first kappa shape index (κ1) is 42.7. The lowest BCUT2D eigenvalue weighted by Crippen LogP contribution is -2.22. The largest absolute Gasteiger partial charge is 0.493 e. The highest BCUT2D eigenvalue weighted by Crippen LogP contribution is 2.55. The van der Waals surface area contributed by atoms with Gasteiger partial charge in [0.25, 0.3) is 5.56 Å². The molecular formula is C62H65NO4. The third-order valence-corrected chi connectivity index (χ3v) is 16.4. The summed E-state index contributed by atoms with van der Waals surface area (Å²) in [6.07, 6.45) is 28.8. The van der Waals surface area contributed by atoms with E-state index in [1.54, 1.807) is 7.11 Å². The Hall–Kier alpha value is -5.68. The smallest absolute Gasteiger partial charge is 0.259 e. The van der Waals surface area contributed by atoms with Crippen molar-refractivity contribution in [3.8, 4) is 11.5 Å². The van der Waals surface area contributed by atoms with Gasteiger partial charge in [0.05, 0.1) is 31.2 Å². The van der Waals surface area contributed by atoms with Crippen molar-refractivity contribution >= 4 is 86.3 Å². The fourth-order valence-electron chi connectivity index (χ4n) is 13.2. The van der Waals surface area contributed by atoms with Crippen molar-refractivity contribution in [2.24, 2.45) is 0 Å². The van der Waals surface area contributed by atoms with Crippen LogP contribution in [0.1, 0.15) is 163 Å². The highest BCUT2D eigenvalue weighted by atomic mass is 16.5. The van der Waals surface area contributed by atoms with Gasteiger partial charge in [0.2, 0.25) is 0 Å². The molecule has 2 aromatic heterocycles. The lowest BCUT2D eigenvalue weighted by molar-refractivity contribution is 0.284. The summed E-state index contributed by atoms with van der Waals surface area (Å²) in [5.74, 6) is 1.43. The van der Waals surface area contributed by atoms with Crippen molar-refractivity contribution in [3.05, 3.63) is 115 Å². The van der Waals surface area contributed by atoms with Gasteiger partial charge in [-0.15, -0.1) is 0 Å². The van der Waals surface area contributed by atoms with Gasteiger partial charge in [0, 0.05) is 38.9 Å². The molecule has 67 heavy (non-hydrogen) atoms. The van der Waals surface area contributed by atoms with Gasteiger partial charge in [-0.25, -0.2) is 0 Å². The molecule has 11 aromatic rings. The molecule has 0 saturated carbocycles. The summed E-state index contributed by atoms with van der Waals surface area (Å²) in [5, 5.41) is 16.1. The van der Waals surface area contributed by atoms with Crippen molar-refractivity contribution in [2.45, 2.75) is 155 Å². The third-order valence-electron chi connectivity index (χ3n) is 16.4. The number of benzene rings is 7. The van der Waals surface area contributed by atoms with E-state index in [1.807, 2.05) is 16.7 Å². The molecule has 0 amide bonds. The lowest BCUT2D eigenvalue weighted by atomic mass is 9.89. The highest BCUT2D eigenvalue weighted by molar-refractivity contribution is 6.51. The van der Waals surface area contributed by atoms with Gasteiger partial charge in [0.15, 0.2) is 16.9 Å². The molecule has 2 aliphatic rings. The number of ether oxygens (including phenoxy) is 2. The van der Waals surface area contributed by atoms with Crippen LogP contribution < -0.4 is 20.5 Å². The molecule has 5 heteroatoms. The summed E-state index contributed by atoms with van der Waals surface area (Å²) in [6.45, 7) is 3.32. The standard InChI is InChI=1S/C62H65NO4/c1-3-4-5-6-7-8-9-10-11-12-13-14-15-16-17-18-19-20-21-22-29-67-47-28-23-38(30-48(47)66-2)37-63-60-42-27-26-41-33-44-35-43-31-39-24-25-40-32-45-36-46(34-42)61(64)54(45)57-50(40)49(39)55-51(43)52(44)56(53(41)60)59(58(55)57)62(63)65/h23-28,30-34H,3-22,29,35-37H2,1-2H3. The SMILES string of the molecule is CCCCCCCCCCCCCCCCCCCCCCOc1ccc(Cn2c(=O)c3c4c5c6cc7ccc(cc8c(=O)c9c(cc%10ccc%11cc(c5c5c%11c%10c9c35)C6)C8)c2c74)cc1OC. The van der Waals surface area contributed by atoms with E-state index < -0.39 is 0 Å². The normalized spacial score (nSPS) is 13.3. The van der Waals surface area contributed by atoms with Crippen LogP contribution in [0.5, 0.6) is 11.5 Å². The molecule has 0 N–H and O–H groups in total. The number of rotatable bonds is 25. The van der Waals surface area contributed by atoms with Crippen LogP contribution in [-0.2, 0) is 19.4 Å². The van der Waals surface area contributed by atoms with Crippen LogP contribution in [0.25, 0.3) is 86.3 Å². The Morgan fingerprint density at radius 2 is 0.896 bits per heavy atom. The van der Waals surface area contributed by atoms with E-state index in [9.17, 15) is 4.79 Å². The number of hydrogen-bond acceptors (Lipinski definition) is 4. The zero-order valence-corrected chi connectivity index (χ0v) is 39.9. The van der Waals surface area contributed by atoms with Crippen LogP contribution in [0.4, 0.5) is 0 Å². The Morgan fingerprint density at radius 1 is 0.433 bits per heavy atom. The number of nitrogens with zero attached hydrogens (tertiary/aromatic N) is 1. The average Bonchev–Trinajstić information content (AvgIpc) is 3.99. The monoisotopic (exact) mass is 887 g/mol. The molecule has 13 rings (SSSR count). The van der Waals surface area contributed by atoms with Crippen molar-refractivity contribution in [3.63, 3.8) is 0 Å². The van der Waals surface area contributed by atoms with Crippen LogP contribution in [-0.4, -0.2) is 18.3 Å². The Balaban J connectivity index is 0.743. The number of unbranched alkanes of at least 4 members (excludes halogenated alkanes) is 19. The fourth-order valence-corrected chi connectivity index (χ4v) is 13.2. The maximum absolute atomic E-state index is 15.8. The molecule has 0 atom stereocenters. The minimum Gasteiger partial charge on any atom is -0.493 e. The van der Waals surface area contributed by atoms with Crippen molar-refractivity contribution in [2.75, 3.05) is 13.7 Å². The van der Waals surface area contributed by atoms with Crippen LogP contribution >= 0.6 is 0 Å². The first-order chi connectivity index (χ1) is 33.0. The van der Waals surface area contributed by atoms with Crippen LogP contribution in [0.15, 0.2) is 76.3 Å². The van der Waals surface area contributed by atoms with E-state index in [1.165, 1.54) is 160 Å². The predicted octanol–water partition coefficient (Wildman–Crippen LogP) is 16.3. The van der Waals surface area contributed by atoms with Crippen molar-refractivity contribution < 1.29 is 9.47 Å². The van der Waals surface area contributed by atoms with E-state index >= 15 is 4.79 Å². The van der Waals surface area contributed by atoms with Gasteiger partial charge in [-0.2, -0.15) is 0 Å². The number of methoxy groups -OCH3 is 1. The van der Waals surface area contributed by atoms with Crippen molar-refractivity contribution in [1.82, 2.24) is 4.57 Å². The predicted molar refractivity (Wildman–Crippen MR) is 283 cm³/mol. The quantitative estimate of drug-likeness (QED) is 0.0326. The molecule has 2 aliphatic carbocycles. The summed E-state index contributed by atoms with van der Waals surface area (Å²) in [5.41, 5.74) is 6.44. The Bertz CT molecular complexity index is 3560. The molecule has 2 heterocycles. The Kier molecular flexibility index (Phi) is 11.3. The minimum atomic E-state index is 0.00168. The van der Waals surface area contributed by atoms with E-state index in [2.05, 4.69) is 61.5 Å². The maximum atomic E-state index is 15.8. The molecule has 0 unspecified atom stereocenters. The second kappa shape index (κ2) is 17.8. The first-order valence-corrected chi connectivity index (χ1v) is 26.4. The summed E-state index contributed by atoms with van der Waals surface area (Å²) >= 11 is 0. The number of fused-ring (bicyclic) bond motifs is 1. The van der Waals surface area contributed by atoms with E-state index in [0.29, 0.717) is 25.3 Å². The van der Waals surface area contributed by atoms with Gasteiger partial charge < -0.3 is 14.0 Å². The third kappa shape index (κ3) is 7.07. The molecule has 342 valence electrons. The van der Waals surface area contributed by atoms with Gasteiger partial charge in [-0.1, -0.05) is 177 Å². The molecule has 0 saturated heterocycles. The van der Waals surface area contributed by atoms with Crippen LogP contribution in [0.2, 0.25) is 0 Å². The zero-order chi connectivity index (χ0) is 45.2. The number of pyridine rings is 1. The average molecular weight is 888 g/mol. The molecular weight excluding hydrogens is 823 g/mol.